The maximum absolute atomic E-state index is 14.3. The number of carbonyl (C=O) groups is 1. The number of ether oxygens (including phenoxy) is 3. The lowest BCUT2D eigenvalue weighted by Crippen LogP contribution is -2.42. The molecule has 0 aliphatic carbocycles. The summed E-state index contributed by atoms with van der Waals surface area (Å²) in [5.74, 6) is -0.135. The quantitative estimate of drug-likeness (QED) is 0.489. The second kappa shape index (κ2) is 12.6. The van der Waals surface area contributed by atoms with Crippen LogP contribution in [0.15, 0.2) is 18.2 Å². The highest BCUT2D eigenvalue weighted by Crippen LogP contribution is 2.20. The first-order valence-corrected chi connectivity index (χ1v) is 10.2. The van der Waals surface area contributed by atoms with Crippen LogP contribution in [0.3, 0.4) is 0 Å². The Morgan fingerprint density at radius 3 is 2.43 bits per heavy atom. The summed E-state index contributed by atoms with van der Waals surface area (Å²) < 4.78 is 30.8. The van der Waals surface area contributed by atoms with Crippen LogP contribution in [0.25, 0.3) is 0 Å². The number of hydrogen-bond acceptors (Lipinski definition) is 4. The van der Waals surface area contributed by atoms with Crippen molar-refractivity contribution in [3.8, 4) is 5.75 Å². The van der Waals surface area contributed by atoms with Crippen LogP contribution in [0.5, 0.6) is 5.75 Å². The maximum Gasteiger partial charge on any atom is 0.407 e. The van der Waals surface area contributed by atoms with Gasteiger partial charge in [-0.25, -0.2) is 9.18 Å². The number of alkyl carbamates (subject to hydrolysis) is 1. The number of rotatable bonds is 12. The second-order valence-electron chi connectivity index (χ2n) is 7.94. The van der Waals surface area contributed by atoms with Crippen LogP contribution in [-0.2, 0) is 15.9 Å². The zero-order chi connectivity index (χ0) is 21.0. The molecule has 160 valence electrons. The van der Waals surface area contributed by atoms with Gasteiger partial charge in [0.15, 0.2) is 11.6 Å². The molecule has 5 nitrogen and oxygen atoms in total. The van der Waals surface area contributed by atoms with Gasteiger partial charge < -0.3 is 19.5 Å². The highest BCUT2D eigenvalue weighted by Gasteiger charge is 2.20. The number of halogens is 1. The molecule has 1 aromatic rings. The minimum Gasteiger partial charge on any atom is -0.491 e. The first kappa shape index (κ1) is 24.2. The third-order valence-electron chi connectivity index (χ3n) is 3.92. The molecular weight excluding hydrogens is 361 g/mol. The monoisotopic (exact) mass is 397 g/mol. The first-order valence-electron chi connectivity index (χ1n) is 10.2. The molecule has 0 radical (unpaired) electrons. The smallest absolute Gasteiger partial charge is 0.407 e. The molecule has 1 aromatic carbocycles. The average molecular weight is 398 g/mol. The van der Waals surface area contributed by atoms with Crippen molar-refractivity contribution in [3.05, 3.63) is 29.6 Å². The predicted molar refractivity (Wildman–Crippen MR) is 109 cm³/mol. The van der Waals surface area contributed by atoms with Crippen molar-refractivity contribution in [2.45, 2.75) is 78.4 Å². The third kappa shape index (κ3) is 10.5. The van der Waals surface area contributed by atoms with Gasteiger partial charge in [0.2, 0.25) is 0 Å². The molecule has 6 heteroatoms. The average Bonchev–Trinajstić information content (AvgIpc) is 2.59. The van der Waals surface area contributed by atoms with Crippen LogP contribution < -0.4 is 10.1 Å². The lowest BCUT2D eigenvalue weighted by molar-refractivity contribution is 0.0440. The van der Waals surface area contributed by atoms with Gasteiger partial charge in [-0.15, -0.1) is 0 Å². The van der Waals surface area contributed by atoms with E-state index in [1.165, 1.54) is 6.07 Å². The normalized spacial score (nSPS) is 12.5. The third-order valence-corrected chi connectivity index (χ3v) is 3.92. The Hall–Kier alpha value is -1.82. The van der Waals surface area contributed by atoms with Crippen molar-refractivity contribution >= 4 is 6.09 Å². The van der Waals surface area contributed by atoms with E-state index in [2.05, 4.69) is 19.2 Å². The molecular formula is C22H36FNO4. The zero-order valence-corrected chi connectivity index (χ0v) is 18.0. The van der Waals surface area contributed by atoms with Crippen LogP contribution in [0.1, 0.15) is 65.9 Å². The highest BCUT2D eigenvalue weighted by atomic mass is 19.1. The molecule has 1 amide bonds. The fraction of sp³-hybridized carbons (Fsp3) is 0.682. The topological polar surface area (TPSA) is 56.8 Å². The largest absolute Gasteiger partial charge is 0.491 e. The van der Waals surface area contributed by atoms with Crippen molar-refractivity contribution in [1.29, 1.82) is 0 Å². The standard InChI is InChI=1S/C22H36FNO4/c1-6-8-12-26-16-18(24-21(25)28-22(3,4)5)14-17-10-11-20(19(23)15-17)27-13-9-7-2/h10-11,15,18H,6-9,12-14,16H2,1-5H3,(H,24,25)/t18-/m0/s1. The van der Waals surface area contributed by atoms with E-state index < -0.39 is 17.5 Å². The fourth-order valence-electron chi connectivity index (χ4n) is 2.50. The van der Waals surface area contributed by atoms with Gasteiger partial charge in [-0.3, -0.25) is 0 Å². The lowest BCUT2D eigenvalue weighted by atomic mass is 10.1. The van der Waals surface area contributed by atoms with Crippen molar-refractivity contribution in [2.24, 2.45) is 0 Å². The van der Waals surface area contributed by atoms with Crippen molar-refractivity contribution in [2.75, 3.05) is 19.8 Å². The number of benzene rings is 1. The molecule has 0 saturated carbocycles. The van der Waals surface area contributed by atoms with Gasteiger partial charge in [-0.1, -0.05) is 32.8 Å². The van der Waals surface area contributed by atoms with Gasteiger partial charge in [-0.2, -0.15) is 0 Å². The molecule has 0 heterocycles. The molecule has 1 N–H and O–H groups in total. The maximum atomic E-state index is 14.3. The summed E-state index contributed by atoms with van der Waals surface area (Å²) in [4.78, 5) is 12.1. The minimum atomic E-state index is -0.582. The highest BCUT2D eigenvalue weighted by molar-refractivity contribution is 5.68. The molecule has 0 fully saturated rings. The van der Waals surface area contributed by atoms with Crippen LogP contribution in [0.4, 0.5) is 9.18 Å². The SMILES string of the molecule is CCCCOC[C@H](Cc1ccc(OCCCC)c(F)c1)NC(=O)OC(C)(C)C. The summed E-state index contributed by atoms with van der Waals surface area (Å²) in [7, 11) is 0. The van der Waals surface area contributed by atoms with E-state index in [-0.39, 0.29) is 11.8 Å². The summed E-state index contributed by atoms with van der Waals surface area (Å²) >= 11 is 0. The first-order chi connectivity index (χ1) is 13.2. The van der Waals surface area contributed by atoms with E-state index in [1.807, 2.05) is 26.8 Å². The molecule has 1 rings (SSSR count). The van der Waals surface area contributed by atoms with Crippen LogP contribution in [0, 0.1) is 5.82 Å². The van der Waals surface area contributed by atoms with Gasteiger partial charge in [0.25, 0.3) is 0 Å². The number of carbonyl (C=O) groups excluding carboxylic acids is 1. The summed E-state index contributed by atoms with van der Waals surface area (Å²) in [6.07, 6.45) is 3.81. The minimum absolute atomic E-state index is 0.257. The van der Waals surface area contributed by atoms with E-state index in [4.69, 9.17) is 14.2 Å². The molecule has 28 heavy (non-hydrogen) atoms. The molecule has 0 aliphatic heterocycles. The van der Waals surface area contributed by atoms with Crippen molar-refractivity contribution in [3.63, 3.8) is 0 Å². The lowest BCUT2D eigenvalue weighted by Gasteiger charge is -2.24. The Bertz CT molecular complexity index is 586. The fourth-order valence-corrected chi connectivity index (χ4v) is 2.50. The summed E-state index contributed by atoms with van der Waals surface area (Å²) in [5, 5.41) is 2.84. The Labute approximate surface area is 168 Å². The molecule has 0 aromatic heterocycles. The van der Waals surface area contributed by atoms with E-state index in [1.54, 1.807) is 6.07 Å². The summed E-state index contributed by atoms with van der Waals surface area (Å²) in [6, 6.07) is 4.61. The Morgan fingerprint density at radius 1 is 1.14 bits per heavy atom. The summed E-state index contributed by atoms with van der Waals surface area (Å²) in [6.45, 7) is 11.1. The molecule has 0 aliphatic rings. The molecule has 1 atom stereocenters. The molecule has 0 bridgehead atoms. The number of unbranched alkanes of at least 4 members (excludes halogenated alkanes) is 2. The van der Waals surface area contributed by atoms with E-state index in [0.717, 1.165) is 31.2 Å². The van der Waals surface area contributed by atoms with E-state index >= 15 is 0 Å². The second-order valence-corrected chi connectivity index (χ2v) is 7.94. The molecule has 0 spiro atoms. The van der Waals surface area contributed by atoms with Crippen molar-refractivity contribution < 1.29 is 23.4 Å². The number of hydrogen-bond donors (Lipinski definition) is 1. The van der Waals surface area contributed by atoms with Crippen molar-refractivity contribution in [1.82, 2.24) is 5.32 Å². The van der Waals surface area contributed by atoms with Gasteiger partial charge >= 0.3 is 6.09 Å². The van der Waals surface area contributed by atoms with Crippen LogP contribution in [-0.4, -0.2) is 37.6 Å². The Balaban J connectivity index is 2.72. The number of nitrogens with one attached hydrogen (secondary N) is 1. The number of amides is 1. The summed E-state index contributed by atoms with van der Waals surface area (Å²) in [5.41, 5.74) is 0.182. The van der Waals surface area contributed by atoms with E-state index in [9.17, 15) is 9.18 Å². The van der Waals surface area contributed by atoms with E-state index in [0.29, 0.717) is 26.2 Å². The van der Waals surface area contributed by atoms with Crippen LogP contribution in [0.2, 0.25) is 0 Å². The molecule has 0 unspecified atom stereocenters. The zero-order valence-electron chi connectivity index (χ0n) is 18.0. The predicted octanol–water partition coefficient (Wildman–Crippen LogP) is 5.26. The van der Waals surface area contributed by atoms with Gasteiger partial charge in [-0.05, 0) is 57.7 Å². The Morgan fingerprint density at radius 2 is 1.82 bits per heavy atom. The van der Waals surface area contributed by atoms with Gasteiger partial charge in [0, 0.05) is 6.61 Å². The van der Waals surface area contributed by atoms with Crippen LogP contribution >= 0.6 is 0 Å². The molecule has 0 saturated heterocycles. The van der Waals surface area contributed by atoms with Gasteiger partial charge in [0.05, 0.1) is 19.3 Å². The van der Waals surface area contributed by atoms with Gasteiger partial charge in [0.1, 0.15) is 5.60 Å². The Kier molecular flexibility index (Phi) is 10.9.